The molecule has 1 aliphatic carbocycles. The maximum Gasteiger partial charge on any atom is 0.252 e. The Morgan fingerprint density at radius 3 is 2.57 bits per heavy atom. The fourth-order valence-corrected chi connectivity index (χ4v) is 3.11. The van der Waals surface area contributed by atoms with Gasteiger partial charge >= 0.3 is 0 Å². The second kappa shape index (κ2) is 5.42. The number of imide groups is 1. The van der Waals surface area contributed by atoms with Gasteiger partial charge < -0.3 is 5.32 Å². The van der Waals surface area contributed by atoms with Crippen molar-refractivity contribution >= 4 is 17.5 Å². The van der Waals surface area contributed by atoms with Crippen LogP contribution in [0.2, 0.25) is 0 Å². The van der Waals surface area contributed by atoms with Gasteiger partial charge in [-0.05, 0) is 25.0 Å². The lowest BCUT2D eigenvalue weighted by Gasteiger charge is -2.22. The van der Waals surface area contributed by atoms with Crippen LogP contribution in [0, 0.1) is 11.6 Å². The van der Waals surface area contributed by atoms with Gasteiger partial charge in [-0.1, -0.05) is 18.9 Å². The van der Waals surface area contributed by atoms with Crippen molar-refractivity contribution in [2.24, 2.45) is 0 Å². The number of carbonyl (C=O) groups excluding carboxylic acids is 2. The van der Waals surface area contributed by atoms with Crippen molar-refractivity contribution in [2.45, 2.75) is 44.2 Å². The van der Waals surface area contributed by atoms with E-state index < -0.39 is 17.7 Å². The lowest BCUT2D eigenvalue weighted by molar-refractivity contribution is -0.141. The van der Waals surface area contributed by atoms with Crippen LogP contribution in [0.15, 0.2) is 18.2 Å². The molecule has 1 aliphatic heterocycles. The lowest BCUT2D eigenvalue weighted by atomic mass is 10.2. The number of nitrogens with one attached hydrogen (secondary N) is 1. The summed E-state index contributed by atoms with van der Waals surface area (Å²) in [6, 6.07) is 2.88. The van der Waals surface area contributed by atoms with Crippen LogP contribution in [0.3, 0.4) is 0 Å². The molecule has 0 radical (unpaired) electrons. The Hall–Kier alpha value is -1.98. The number of rotatable bonds is 3. The third-order valence-corrected chi connectivity index (χ3v) is 4.15. The van der Waals surface area contributed by atoms with Gasteiger partial charge in [-0.25, -0.2) is 8.78 Å². The molecule has 21 heavy (non-hydrogen) atoms. The van der Waals surface area contributed by atoms with Crippen LogP contribution in [0.4, 0.5) is 14.5 Å². The summed E-state index contributed by atoms with van der Waals surface area (Å²) in [6.07, 6.45) is 3.68. The van der Waals surface area contributed by atoms with E-state index >= 15 is 0 Å². The smallest absolute Gasteiger partial charge is 0.252 e. The first-order valence-electron chi connectivity index (χ1n) is 7.14. The third kappa shape index (κ3) is 2.50. The Balaban J connectivity index is 1.76. The Morgan fingerprint density at radius 1 is 1.14 bits per heavy atom. The van der Waals surface area contributed by atoms with Crippen LogP contribution in [-0.4, -0.2) is 28.8 Å². The first-order chi connectivity index (χ1) is 10.1. The van der Waals surface area contributed by atoms with Crippen LogP contribution < -0.4 is 5.32 Å². The summed E-state index contributed by atoms with van der Waals surface area (Å²) in [5, 5.41) is 2.66. The molecule has 2 fully saturated rings. The third-order valence-electron chi connectivity index (χ3n) is 4.15. The number of nitrogens with zero attached hydrogens (tertiary/aromatic N) is 1. The molecule has 112 valence electrons. The van der Waals surface area contributed by atoms with E-state index in [-0.39, 0.29) is 30.0 Å². The van der Waals surface area contributed by atoms with E-state index in [2.05, 4.69) is 5.32 Å². The van der Waals surface area contributed by atoms with E-state index in [1.165, 1.54) is 17.0 Å². The summed E-state index contributed by atoms with van der Waals surface area (Å²) in [4.78, 5) is 25.7. The van der Waals surface area contributed by atoms with Crippen molar-refractivity contribution in [3.63, 3.8) is 0 Å². The maximum atomic E-state index is 13.6. The van der Waals surface area contributed by atoms with Gasteiger partial charge in [0.15, 0.2) is 11.6 Å². The van der Waals surface area contributed by atoms with Gasteiger partial charge in [-0.3, -0.25) is 14.5 Å². The standard InChI is InChI=1S/C15H16F2N2O2/c16-10-6-3-7-11(14(10)17)18-12-8-13(20)19(15(12)21)9-4-1-2-5-9/h3,6-7,9,12,18H,1-2,4-5,8H2. The molecule has 1 atom stereocenters. The Labute approximate surface area is 121 Å². The number of hydrogen-bond donors (Lipinski definition) is 1. The zero-order chi connectivity index (χ0) is 15.0. The number of hydrogen-bond acceptors (Lipinski definition) is 3. The maximum absolute atomic E-state index is 13.6. The molecule has 4 nitrogen and oxygen atoms in total. The summed E-state index contributed by atoms with van der Waals surface area (Å²) in [5.41, 5.74) is -0.0885. The molecule has 6 heteroatoms. The molecular weight excluding hydrogens is 278 g/mol. The van der Waals surface area contributed by atoms with Gasteiger partial charge in [0.05, 0.1) is 12.1 Å². The van der Waals surface area contributed by atoms with Gasteiger partial charge in [0.25, 0.3) is 5.91 Å². The molecule has 1 aromatic carbocycles. The summed E-state index contributed by atoms with van der Waals surface area (Å²) in [5.74, 6) is -2.58. The molecule has 1 unspecified atom stereocenters. The minimum Gasteiger partial charge on any atom is -0.371 e. The second-order valence-corrected chi connectivity index (χ2v) is 5.54. The number of halogens is 2. The van der Waals surface area contributed by atoms with Crippen molar-refractivity contribution in [3.05, 3.63) is 29.8 Å². The SMILES string of the molecule is O=C1CC(Nc2cccc(F)c2F)C(=O)N1C1CCCC1. The van der Waals surface area contributed by atoms with E-state index in [4.69, 9.17) is 0 Å². The summed E-state index contributed by atoms with van der Waals surface area (Å²) >= 11 is 0. The van der Waals surface area contributed by atoms with Gasteiger partial charge in [-0.2, -0.15) is 0 Å². The molecule has 1 heterocycles. The largest absolute Gasteiger partial charge is 0.371 e. The van der Waals surface area contributed by atoms with Gasteiger partial charge in [0.2, 0.25) is 5.91 Å². The highest BCUT2D eigenvalue weighted by Crippen LogP contribution is 2.29. The minimum atomic E-state index is -1.03. The fourth-order valence-electron chi connectivity index (χ4n) is 3.11. The Bertz CT molecular complexity index is 585. The topological polar surface area (TPSA) is 49.4 Å². The molecule has 0 spiro atoms. The van der Waals surface area contributed by atoms with Crippen molar-refractivity contribution in [2.75, 3.05) is 5.32 Å². The fraction of sp³-hybridized carbons (Fsp3) is 0.467. The van der Waals surface area contributed by atoms with Crippen molar-refractivity contribution in [1.82, 2.24) is 4.90 Å². The van der Waals surface area contributed by atoms with Gasteiger partial charge in [0, 0.05) is 6.04 Å². The van der Waals surface area contributed by atoms with Crippen LogP contribution >= 0.6 is 0 Å². The highest BCUT2D eigenvalue weighted by molar-refractivity contribution is 6.07. The molecular formula is C15H16F2N2O2. The Kier molecular flexibility index (Phi) is 3.61. The first kappa shape index (κ1) is 14.0. The summed E-state index contributed by atoms with van der Waals surface area (Å²) < 4.78 is 26.8. The number of amides is 2. The second-order valence-electron chi connectivity index (χ2n) is 5.54. The van der Waals surface area contributed by atoms with Crippen LogP contribution in [0.25, 0.3) is 0 Å². The van der Waals surface area contributed by atoms with Gasteiger partial charge in [-0.15, -0.1) is 0 Å². The molecule has 3 rings (SSSR count). The van der Waals surface area contributed by atoms with E-state index in [1.54, 1.807) is 0 Å². The quantitative estimate of drug-likeness (QED) is 0.871. The monoisotopic (exact) mass is 294 g/mol. The average Bonchev–Trinajstić information content (AvgIpc) is 3.04. The number of likely N-dealkylation sites (tertiary alicyclic amines) is 1. The summed E-state index contributed by atoms with van der Waals surface area (Å²) in [7, 11) is 0. The average molecular weight is 294 g/mol. The highest BCUT2D eigenvalue weighted by atomic mass is 19.2. The Morgan fingerprint density at radius 2 is 1.86 bits per heavy atom. The van der Waals surface area contributed by atoms with Crippen molar-refractivity contribution in [3.8, 4) is 0 Å². The van der Waals surface area contributed by atoms with Gasteiger partial charge in [0.1, 0.15) is 6.04 Å². The minimum absolute atomic E-state index is 0.00864. The number of anilines is 1. The highest BCUT2D eigenvalue weighted by Gasteiger charge is 2.43. The molecule has 2 aliphatic rings. The predicted octanol–water partition coefficient (Wildman–Crippen LogP) is 2.45. The number of benzene rings is 1. The van der Waals surface area contributed by atoms with Crippen LogP contribution in [-0.2, 0) is 9.59 Å². The van der Waals surface area contributed by atoms with Crippen LogP contribution in [0.5, 0.6) is 0 Å². The lowest BCUT2D eigenvalue weighted by Crippen LogP contribution is -2.41. The molecule has 1 saturated heterocycles. The van der Waals surface area contributed by atoms with Crippen LogP contribution in [0.1, 0.15) is 32.1 Å². The molecule has 1 aromatic rings. The predicted molar refractivity (Wildman–Crippen MR) is 72.5 cm³/mol. The zero-order valence-corrected chi connectivity index (χ0v) is 11.4. The molecule has 2 amide bonds. The summed E-state index contributed by atoms with van der Waals surface area (Å²) in [6.45, 7) is 0. The van der Waals surface area contributed by atoms with E-state index in [0.717, 1.165) is 31.7 Å². The first-order valence-corrected chi connectivity index (χ1v) is 7.14. The van der Waals surface area contributed by atoms with Crippen molar-refractivity contribution < 1.29 is 18.4 Å². The zero-order valence-electron chi connectivity index (χ0n) is 11.4. The number of carbonyl (C=O) groups is 2. The molecule has 0 bridgehead atoms. The van der Waals surface area contributed by atoms with E-state index in [1.807, 2.05) is 0 Å². The molecule has 1 saturated carbocycles. The molecule has 1 N–H and O–H groups in total. The van der Waals surface area contributed by atoms with E-state index in [9.17, 15) is 18.4 Å². The van der Waals surface area contributed by atoms with Crippen molar-refractivity contribution in [1.29, 1.82) is 0 Å². The molecule has 0 aromatic heterocycles. The van der Waals surface area contributed by atoms with E-state index in [0.29, 0.717) is 0 Å². The normalized spacial score (nSPS) is 23.1.